The Balaban J connectivity index is 2.32. The van der Waals surface area contributed by atoms with Crippen molar-refractivity contribution in [1.82, 2.24) is 0 Å². The van der Waals surface area contributed by atoms with Crippen molar-refractivity contribution in [3.8, 4) is 0 Å². The quantitative estimate of drug-likeness (QED) is 0.889. The van der Waals surface area contributed by atoms with Gasteiger partial charge in [0.15, 0.2) is 0 Å². The molecule has 3 heteroatoms. The molecule has 0 saturated heterocycles. The van der Waals surface area contributed by atoms with Gasteiger partial charge < -0.3 is 10.4 Å². The summed E-state index contributed by atoms with van der Waals surface area (Å²) in [6, 6.07) is 12.3. The SMILES string of the molecule is Cc1ccc(C(C)(CO)Nc2ccc(F)cc2)cc1C. The zero-order chi connectivity index (χ0) is 14.8. The summed E-state index contributed by atoms with van der Waals surface area (Å²) in [5.74, 6) is -0.271. The van der Waals surface area contributed by atoms with Crippen LogP contribution in [0, 0.1) is 19.7 Å². The summed E-state index contributed by atoms with van der Waals surface area (Å²) in [5.41, 5.74) is 3.59. The van der Waals surface area contributed by atoms with Crippen molar-refractivity contribution in [1.29, 1.82) is 0 Å². The van der Waals surface area contributed by atoms with Crippen LogP contribution in [0.25, 0.3) is 0 Å². The largest absolute Gasteiger partial charge is 0.394 e. The predicted molar refractivity (Wildman–Crippen MR) is 80.4 cm³/mol. The lowest BCUT2D eigenvalue weighted by Gasteiger charge is -2.31. The van der Waals surface area contributed by atoms with E-state index in [2.05, 4.69) is 25.2 Å². The van der Waals surface area contributed by atoms with E-state index in [1.807, 2.05) is 19.1 Å². The highest BCUT2D eigenvalue weighted by Gasteiger charge is 2.25. The summed E-state index contributed by atoms with van der Waals surface area (Å²) in [6.45, 7) is 5.99. The van der Waals surface area contributed by atoms with Gasteiger partial charge in [-0.1, -0.05) is 18.2 Å². The number of hydrogen-bond donors (Lipinski definition) is 2. The van der Waals surface area contributed by atoms with Gasteiger partial charge in [0.05, 0.1) is 12.1 Å². The third kappa shape index (κ3) is 2.99. The van der Waals surface area contributed by atoms with Crippen LogP contribution in [0.15, 0.2) is 42.5 Å². The number of aliphatic hydroxyl groups is 1. The summed E-state index contributed by atoms with van der Waals surface area (Å²) in [5, 5.41) is 13.1. The van der Waals surface area contributed by atoms with Gasteiger partial charge in [-0.25, -0.2) is 4.39 Å². The van der Waals surface area contributed by atoms with Crippen molar-refractivity contribution in [2.75, 3.05) is 11.9 Å². The minimum absolute atomic E-state index is 0.0487. The van der Waals surface area contributed by atoms with Crippen LogP contribution >= 0.6 is 0 Å². The first-order valence-electron chi connectivity index (χ1n) is 6.67. The molecule has 0 amide bonds. The smallest absolute Gasteiger partial charge is 0.123 e. The fraction of sp³-hybridized carbons (Fsp3) is 0.294. The maximum atomic E-state index is 12.9. The molecule has 0 fully saturated rings. The summed E-state index contributed by atoms with van der Waals surface area (Å²) >= 11 is 0. The van der Waals surface area contributed by atoms with Gasteiger partial charge in [0.2, 0.25) is 0 Å². The summed E-state index contributed by atoms with van der Waals surface area (Å²) in [6.07, 6.45) is 0. The summed E-state index contributed by atoms with van der Waals surface area (Å²) in [4.78, 5) is 0. The van der Waals surface area contributed by atoms with E-state index in [4.69, 9.17) is 0 Å². The molecule has 0 saturated carbocycles. The second-order valence-corrected chi connectivity index (χ2v) is 5.42. The first kappa shape index (κ1) is 14.5. The molecule has 0 heterocycles. The standard InChI is InChI=1S/C17H20FNO/c1-12-4-5-14(10-13(12)2)17(3,11-20)19-16-8-6-15(18)7-9-16/h4-10,19-20H,11H2,1-3H3. The Hall–Kier alpha value is -1.87. The lowest BCUT2D eigenvalue weighted by Crippen LogP contribution is -2.36. The number of aliphatic hydroxyl groups excluding tert-OH is 1. The number of aryl methyl sites for hydroxylation is 2. The molecule has 0 aliphatic carbocycles. The van der Waals surface area contributed by atoms with Gasteiger partial charge in [0.25, 0.3) is 0 Å². The van der Waals surface area contributed by atoms with E-state index in [1.54, 1.807) is 12.1 Å². The van der Waals surface area contributed by atoms with Crippen molar-refractivity contribution in [2.24, 2.45) is 0 Å². The summed E-state index contributed by atoms with van der Waals surface area (Å²) in [7, 11) is 0. The maximum absolute atomic E-state index is 12.9. The number of nitrogens with one attached hydrogen (secondary N) is 1. The zero-order valence-electron chi connectivity index (χ0n) is 12.1. The number of hydrogen-bond acceptors (Lipinski definition) is 2. The predicted octanol–water partition coefficient (Wildman–Crippen LogP) is 3.76. The van der Waals surface area contributed by atoms with Gasteiger partial charge in [-0.3, -0.25) is 0 Å². The molecule has 0 aromatic heterocycles. The molecular weight excluding hydrogens is 253 g/mol. The zero-order valence-corrected chi connectivity index (χ0v) is 12.1. The first-order valence-corrected chi connectivity index (χ1v) is 6.67. The van der Waals surface area contributed by atoms with Crippen molar-refractivity contribution in [3.63, 3.8) is 0 Å². The van der Waals surface area contributed by atoms with Crippen LogP contribution in [-0.2, 0) is 5.54 Å². The van der Waals surface area contributed by atoms with Crippen LogP contribution in [0.4, 0.5) is 10.1 Å². The highest BCUT2D eigenvalue weighted by Crippen LogP contribution is 2.27. The molecule has 0 spiro atoms. The Morgan fingerprint density at radius 2 is 1.70 bits per heavy atom. The molecule has 2 aromatic carbocycles. The Labute approximate surface area is 119 Å². The molecule has 1 atom stereocenters. The fourth-order valence-corrected chi connectivity index (χ4v) is 2.14. The van der Waals surface area contributed by atoms with Gasteiger partial charge in [0, 0.05) is 5.69 Å². The van der Waals surface area contributed by atoms with Crippen molar-refractivity contribution >= 4 is 5.69 Å². The van der Waals surface area contributed by atoms with Crippen LogP contribution in [0.2, 0.25) is 0 Å². The van der Waals surface area contributed by atoms with E-state index in [9.17, 15) is 9.50 Å². The minimum Gasteiger partial charge on any atom is -0.394 e. The number of anilines is 1. The Kier molecular flexibility index (Phi) is 4.09. The van der Waals surface area contributed by atoms with E-state index in [1.165, 1.54) is 23.3 Å². The normalized spacial score (nSPS) is 13.8. The van der Waals surface area contributed by atoms with Crippen molar-refractivity contribution in [3.05, 3.63) is 65.0 Å². The van der Waals surface area contributed by atoms with E-state index >= 15 is 0 Å². The van der Waals surface area contributed by atoms with Gasteiger partial charge in [-0.2, -0.15) is 0 Å². The number of benzene rings is 2. The molecule has 20 heavy (non-hydrogen) atoms. The highest BCUT2D eigenvalue weighted by atomic mass is 19.1. The Morgan fingerprint density at radius 1 is 1.05 bits per heavy atom. The van der Waals surface area contributed by atoms with Crippen molar-refractivity contribution in [2.45, 2.75) is 26.3 Å². The maximum Gasteiger partial charge on any atom is 0.123 e. The van der Waals surface area contributed by atoms with E-state index in [-0.39, 0.29) is 12.4 Å². The minimum atomic E-state index is -0.601. The average Bonchev–Trinajstić information content (AvgIpc) is 2.44. The third-order valence-corrected chi connectivity index (χ3v) is 3.72. The molecule has 2 rings (SSSR count). The third-order valence-electron chi connectivity index (χ3n) is 3.72. The first-order chi connectivity index (χ1) is 9.44. The van der Waals surface area contributed by atoms with Gasteiger partial charge in [0.1, 0.15) is 5.82 Å². The van der Waals surface area contributed by atoms with Crippen LogP contribution in [0.1, 0.15) is 23.6 Å². The fourth-order valence-electron chi connectivity index (χ4n) is 2.14. The van der Waals surface area contributed by atoms with Crippen molar-refractivity contribution < 1.29 is 9.50 Å². The number of rotatable bonds is 4. The molecule has 106 valence electrons. The van der Waals surface area contributed by atoms with E-state index < -0.39 is 5.54 Å². The lowest BCUT2D eigenvalue weighted by molar-refractivity contribution is 0.224. The van der Waals surface area contributed by atoms with E-state index in [0.717, 1.165) is 11.3 Å². The number of halogens is 1. The lowest BCUT2D eigenvalue weighted by atomic mass is 9.90. The monoisotopic (exact) mass is 273 g/mol. The Bertz CT molecular complexity index is 594. The molecule has 0 aliphatic rings. The molecule has 2 N–H and O–H groups in total. The highest BCUT2D eigenvalue weighted by molar-refractivity contribution is 5.48. The average molecular weight is 273 g/mol. The van der Waals surface area contributed by atoms with Crippen LogP contribution < -0.4 is 5.32 Å². The van der Waals surface area contributed by atoms with E-state index in [0.29, 0.717) is 0 Å². The topological polar surface area (TPSA) is 32.3 Å². The molecular formula is C17H20FNO. The van der Waals surface area contributed by atoms with Crippen LogP contribution in [0.3, 0.4) is 0 Å². The molecule has 0 aliphatic heterocycles. The summed E-state index contributed by atoms with van der Waals surface area (Å²) < 4.78 is 12.9. The van der Waals surface area contributed by atoms with Gasteiger partial charge in [-0.05, 0) is 61.7 Å². The molecule has 0 radical (unpaired) electrons. The van der Waals surface area contributed by atoms with Crippen LogP contribution in [0.5, 0.6) is 0 Å². The van der Waals surface area contributed by atoms with Gasteiger partial charge in [-0.15, -0.1) is 0 Å². The second kappa shape index (κ2) is 5.63. The van der Waals surface area contributed by atoms with Gasteiger partial charge >= 0.3 is 0 Å². The molecule has 1 unspecified atom stereocenters. The Morgan fingerprint density at radius 3 is 2.25 bits per heavy atom. The molecule has 0 bridgehead atoms. The molecule has 2 aromatic rings. The second-order valence-electron chi connectivity index (χ2n) is 5.42. The van der Waals surface area contributed by atoms with Crippen LogP contribution in [-0.4, -0.2) is 11.7 Å². The molecule has 2 nitrogen and oxygen atoms in total.